The lowest BCUT2D eigenvalue weighted by atomic mass is 10.3. The molecule has 17 heavy (non-hydrogen) atoms. The van der Waals surface area contributed by atoms with Gasteiger partial charge in [-0.2, -0.15) is 4.98 Å². The van der Waals surface area contributed by atoms with Gasteiger partial charge in [-0.3, -0.25) is 0 Å². The number of aromatic nitrogens is 2. The third-order valence-electron chi connectivity index (χ3n) is 2.44. The lowest BCUT2D eigenvalue weighted by molar-refractivity contribution is 0.143. The molecule has 0 unspecified atom stereocenters. The lowest BCUT2D eigenvalue weighted by Crippen LogP contribution is -2.29. The normalized spacial score (nSPS) is 19.4. The Balaban J connectivity index is 1.98. The van der Waals surface area contributed by atoms with Crippen molar-refractivity contribution in [3.05, 3.63) is 12.0 Å². The molecule has 2 heterocycles. The summed E-state index contributed by atoms with van der Waals surface area (Å²) in [5.41, 5.74) is 5.26. The van der Waals surface area contributed by atoms with Gasteiger partial charge >= 0.3 is 12.1 Å². The van der Waals surface area contributed by atoms with Crippen LogP contribution in [0, 0.1) is 5.82 Å². The van der Waals surface area contributed by atoms with Crippen LogP contribution >= 0.6 is 0 Å². The molecule has 0 aromatic carbocycles. The van der Waals surface area contributed by atoms with Crippen molar-refractivity contribution in [3.63, 3.8) is 0 Å². The fourth-order valence-electron chi connectivity index (χ4n) is 1.57. The number of carbonyl (C=O) groups is 1. The molecule has 7 nitrogen and oxygen atoms in total. The van der Waals surface area contributed by atoms with E-state index < -0.39 is 11.9 Å². The van der Waals surface area contributed by atoms with E-state index in [2.05, 4.69) is 9.97 Å². The van der Waals surface area contributed by atoms with Crippen LogP contribution in [0.5, 0.6) is 6.01 Å². The topological polar surface area (TPSA) is 102 Å². The maximum Gasteiger partial charge on any atom is 0.407 e. The Morgan fingerprint density at radius 1 is 1.71 bits per heavy atom. The molecule has 1 saturated heterocycles. The molecule has 8 heteroatoms. The van der Waals surface area contributed by atoms with E-state index in [0.29, 0.717) is 13.0 Å². The van der Waals surface area contributed by atoms with E-state index in [-0.39, 0.29) is 24.5 Å². The number of rotatable bonds is 2. The molecule has 3 N–H and O–H groups in total. The molecule has 0 radical (unpaired) electrons. The highest BCUT2D eigenvalue weighted by Crippen LogP contribution is 2.16. The van der Waals surface area contributed by atoms with Crippen molar-refractivity contribution in [2.75, 3.05) is 18.8 Å². The highest BCUT2D eigenvalue weighted by Gasteiger charge is 2.27. The quantitative estimate of drug-likeness (QED) is 0.774. The fourth-order valence-corrected chi connectivity index (χ4v) is 1.57. The number of nitrogen functional groups attached to an aromatic ring is 1. The summed E-state index contributed by atoms with van der Waals surface area (Å²) in [6, 6.07) is -0.0406. The minimum absolute atomic E-state index is 0.0406. The molecule has 1 aliphatic heterocycles. The minimum Gasteiger partial charge on any atom is -0.465 e. The Morgan fingerprint density at radius 3 is 3.06 bits per heavy atom. The van der Waals surface area contributed by atoms with Crippen LogP contribution in [0.25, 0.3) is 0 Å². The number of anilines is 1. The number of carboxylic acid groups (broad SMARTS) is 1. The lowest BCUT2D eigenvalue weighted by Gasteiger charge is -2.13. The summed E-state index contributed by atoms with van der Waals surface area (Å²) in [6.45, 7) is 0.645. The van der Waals surface area contributed by atoms with E-state index in [1.165, 1.54) is 4.90 Å². The number of ether oxygens (including phenoxy) is 1. The monoisotopic (exact) mass is 242 g/mol. The van der Waals surface area contributed by atoms with Gasteiger partial charge in [0, 0.05) is 13.0 Å². The average Bonchev–Trinajstić information content (AvgIpc) is 2.72. The molecule has 1 aromatic heterocycles. The van der Waals surface area contributed by atoms with E-state index in [4.69, 9.17) is 15.6 Å². The van der Waals surface area contributed by atoms with Crippen LogP contribution in [0.1, 0.15) is 6.42 Å². The minimum atomic E-state index is -0.990. The number of halogens is 1. The summed E-state index contributed by atoms with van der Waals surface area (Å²) >= 11 is 0. The van der Waals surface area contributed by atoms with Crippen LogP contribution in [0.2, 0.25) is 0 Å². The van der Waals surface area contributed by atoms with Gasteiger partial charge in [0.25, 0.3) is 0 Å². The van der Waals surface area contributed by atoms with Crippen molar-refractivity contribution in [1.82, 2.24) is 14.9 Å². The molecule has 92 valence electrons. The first-order valence-electron chi connectivity index (χ1n) is 4.99. The zero-order valence-corrected chi connectivity index (χ0v) is 8.84. The van der Waals surface area contributed by atoms with Crippen LogP contribution in [0.3, 0.4) is 0 Å². The van der Waals surface area contributed by atoms with E-state index in [0.717, 1.165) is 6.20 Å². The highest BCUT2D eigenvalue weighted by atomic mass is 19.1. The third kappa shape index (κ3) is 2.52. The van der Waals surface area contributed by atoms with Gasteiger partial charge < -0.3 is 20.5 Å². The molecule has 1 aliphatic rings. The van der Waals surface area contributed by atoms with Gasteiger partial charge in [-0.25, -0.2) is 14.2 Å². The molecular weight excluding hydrogens is 231 g/mol. The van der Waals surface area contributed by atoms with Gasteiger partial charge in [0.2, 0.25) is 0 Å². The number of hydrogen-bond donors (Lipinski definition) is 2. The molecule has 1 aromatic rings. The number of nitrogens with two attached hydrogens (primary N) is 1. The third-order valence-corrected chi connectivity index (χ3v) is 2.44. The molecule has 0 saturated carbocycles. The van der Waals surface area contributed by atoms with Crippen LogP contribution in [-0.2, 0) is 0 Å². The van der Waals surface area contributed by atoms with Crippen molar-refractivity contribution in [2.24, 2.45) is 0 Å². The summed E-state index contributed by atoms with van der Waals surface area (Å²) in [5, 5.41) is 8.75. The smallest absolute Gasteiger partial charge is 0.407 e. The first kappa shape index (κ1) is 11.4. The summed E-state index contributed by atoms with van der Waals surface area (Å²) in [4.78, 5) is 19.1. The second kappa shape index (κ2) is 4.40. The molecule has 0 spiro atoms. The molecule has 1 amide bonds. The Morgan fingerprint density at radius 2 is 2.47 bits per heavy atom. The predicted molar refractivity (Wildman–Crippen MR) is 55.0 cm³/mol. The predicted octanol–water partition coefficient (Wildman–Crippen LogP) is 0.329. The van der Waals surface area contributed by atoms with E-state index in [1.54, 1.807) is 0 Å². The zero-order chi connectivity index (χ0) is 12.4. The first-order valence-corrected chi connectivity index (χ1v) is 4.99. The second-order valence-corrected chi connectivity index (χ2v) is 3.64. The van der Waals surface area contributed by atoms with Gasteiger partial charge in [0.05, 0.1) is 12.7 Å². The van der Waals surface area contributed by atoms with Crippen molar-refractivity contribution in [1.29, 1.82) is 0 Å². The number of likely N-dealkylation sites (tertiary alicyclic amines) is 1. The summed E-state index contributed by atoms with van der Waals surface area (Å²) in [7, 11) is 0. The van der Waals surface area contributed by atoms with Gasteiger partial charge in [0.1, 0.15) is 6.10 Å². The number of nitrogens with zero attached hydrogens (tertiary/aromatic N) is 3. The van der Waals surface area contributed by atoms with Crippen LogP contribution in [0.15, 0.2) is 6.20 Å². The molecule has 1 fully saturated rings. The van der Waals surface area contributed by atoms with Crippen molar-refractivity contribution >= 4 is 11.9 Å². The van der Waals surface area contributed by atoms with Gasteiger partial charge in [-0.1, -0.05) is 0 Å². The summed E-state index contributed by atoms with van der Waals surface area (Å²) in [5.74, 6) is -1.00. The molecular formula is C9H11FN4O3. The fraction of sp³-hybridized carbons (Fsp3) is 0.444. The van der Waals surface area contributed by atoms with E-state index in [1.807, 2.05) is 0 Å². The highest BCUT2D eigenvalue weighted by molar-refractivity contribution is 5.65. The summed E-state index contributed by atoms with van der Waals surface area (Å²) < 4.78 is 18.1. The van der Waals surface area contributed by atoms with Crippen LogP contribution in [-0.4, -0.2) is 45.3 Å². The van der Waals surface area contributed by atoms with Gasteiger partial charge in [-0.05, 0) is 0 Å². The average molecular weight is 242 g/mol. The second-order valence-electron chi connectivity index (χ2n) is 3.64. The molecule has 0 bridgehead atoms. The standard InChI is InChI=1S/C9H11FN4O3/c10-6-3-12-8(13-7(6)11)17-5-1-2-14(4-5)9(15)16/h3,5H,1-2,4H2,(H,15,16)(H2,11,12,13)/t5-/m0/s1. The van der Waals surface area contributed by atoms with Crippen molar-refractivity contribution in [2.45, 2.75) is 12.5 Å². The van der Waals surface area contributed by atoms with E-state index in [9.17, 15) is 9.18 Å². The largest absolute Gasteiger partial charge is 0.465 e. The maximum atomic E-state index is 12.8. The van der Waals surface area contributed by atoms with E-state index >= 15 is 0 Å². The first-order chi connectivity index (χ1) is 8.06. The number of hydrogen-bond acceptors (Lipinski definition) is 5. The van der Waals surface area contributed by atoms with Crippen LogP contribution in [0.4, 0.5) is 15.0 Å². The zero-order valence-electron chi connectivity index (χ0n) is 8.84. The van der Waals surface area contributed by atoms with Gasteiger partial charge in [0.15, 0.2) is 11.6 Å². The Kier molecular flexibility index (Phi) is 2.94. The summed E-state index contributed by atoms with van der Waals surface area (Å²) in [6.07, 6.45) is 0.153. The molecule has 1 atom stereocenters. The van der Waals surface area contributed by atoms with Gasteiger partial charge in [-0.15, -0.1) is 0 Å². The van der Waals surface area contributed by atoms with Crippen molar-refractivity contribution < 1.29 is 19.0 Å². The number of amides is 1. The molecule has 2 rings (SSSR count). The van der Waals surface area contributed by atoms with Crippen LogP contribution < -0.4 is 10.5 Å². The molecule has 0 aliphatic carbocycles. The SMILES string of the molecule is Nc1nc(O[C@H]2CCN(C(=O)O)C2)ncc1F. The maximum absolute atomic E-state index is 12.8. The van der Waals surface area contributed by atoms with Crippen molar-refractivity contribution in [3.8, 4) is 6.01 Å². The Hall–Kier alpha value is -2.12. The Bertz CT molecular complexity index is 442. The Labute approximate surface area is 96.0 Å².